The highest BCUT2D eigenvalue weighted by molar-refractivity contribution is 5.94. The maximum Gasteiger partial charge on any atom is 0.254 e. The highest BCUT2D eigenvalue weighted by atomic mass is 16.7. The number of rotatable bonds is 3. The second kappa shape index (κ2) is 4.94. The Hall–Kier alpha value is -1.62. The lowest BCUT2D eigenvalue weighted by Gasteiger charge is -2.23. The maximum absolute atomic E-state index is 11.1. The molecule has 0 aliphatic carbocycles. The lowest BCUT2D eigenvalue weighted by Crippen LogP contribution is -2.26. The van der Waals surface area contributed by atoms with Crippen LogP contribution in [0.4, 0.5) is 0 Å². The predicted molar refractivity (Wildman–Crippen MR) is 57.0 cm³/mol. The monoisotopic (exact) mass is 222 g/mol. The molecule has 1 aliphatic heterocycles. The van der Waals surface area contributed by atoms with Crippen LogP contribution in [0.2, 0.25) is 0 Å². The number of nitrogens with zero attached hydrogens (tertiary/aromatic N) is 1. The van der Waals surface area contributed by atoms with Crippen molar-refractivity contribution in [2.45, 2.75) is 25.6 Å². The van der Waals surface area contributed by atoms with E-state index in [2.05, 4.69) is 4.98 Å². The number of amides is 1. The summed E-state index contributed by atoms with van der Waals surface area (Å²) in [6, 6.07) is 3.24. The first kappa shape index (κ1) is 10.9. The van der Waals surface area contributed by atoms with Crippen molar-refractivity contribution in [1.29, 1.82) is 0 Å². The zero-order valence-corrected chi connectivity index (χ0v) is 8.89. The van der Waals surface area contributed by atoms with Gasteiger partial charge in [-0.2, -0.15) is 0 Å². The number of carbonyl (C=O) groups is 1. The molecule has 0 radical (unpaired) electrons. The second-order valence-corrected chi connectivity index (χ2v) is 3.63. The number of carbonyl (C=O) groups excluding carboxylic acids is 1. The van der Waals surface area contributed by atoms with Crippen molar-refractivity contribution in [2.75, 3.05) is 6.61 Å². The van der Waals surface area contributed by atoms with E-state index in [9.17, 15) is 4.79 Å². The van der Waals surface area contributed by atoms with Gasteiger partial charge in [-0.15, -0.1) is 0 Å². The zero-order valence-electron chi connectivity index (χ0n) is 8.89. The largest absolute Gasteiger partial charge is 0.447 e. The van der Waals surface area contributed by atoms with Crippen molar-refractivity contribution in [1.82, 2.24) is 4.98 Å². The molecule has 86 valence electrons. The summed E-state index contributed by atoms with van der Waals surface area (Å²) >= 11 is 0. The van der Waals surface area contributed by atoms with Crippen LogP contribution in [0, 0.1) is 0 Å². The van der Waals surface area contributed by atoms with Gasteiger partial charge in [0.25, 0.3) is 5.91 Å². The maximum atomic E-state index is 11.1. The third-order valence-electron chi connectivity index (χ3n) is 2.42. The average Bonchev–Trinajstić information content (AvgIpc) is 2.31. The molecule has 1 saturated heterocycles. The Bertz CT molecular complexity index is 375. The van der Waals surface area contributed by atoms with E-state index >= 15 is 0 Å². The van der Waals surface area contributed by atoms with Crippen LogP contribution in [-0.2, 0) is 4.74 Å². The molecule has 0 saturated carbocycles. The highest BCUT2D eigenvalue weighted by Gasteiger charge is 2.18. The SMILES string of the molecule is NC(=O)c1cccnc1OC1CCCCO1. The highest BCUT2D eigenvalue weighted by Crippen LogP contribution is 2.20. The summed E-state index contributed by atoms with van der Waals surface area (Å²) in [6.07, 6.45) is 4.16. The van der Waals surface area contributed by atoms with E-state index in [0.29, 0.717) is 6.61 Å². The van der Waals surface area contributed by atoms with Crippen LogP contribution in [0.15, 0.2) is 18.3 Å². The Kier molecular flexibility index (Phi) is 3.36. The molecule has 0 aromatic carbocycles. The zero-order chi connectivity index (χ0) is 11.4. The van der Waals surface area contributed by atoms with Crippen molar-refractivity contribution in [2.24, 2.45) is 5.73 Å². The molecular formula is C11H14N2O3. The van der Waals surface area contributed by atoms with Crippen molar-refractivity contribution in [3.63, 3.8) is 0 Å². The van der Waals surface area contributed by atoms with Gasteiger partial charge in [0, 0.05) is 12.6 Å². The third kappa shape index (κ3) is 2.49. The molecule has 5 nitrogen and oxygen atoms in total. The second-order valence-electron chi connectivity index (χ2n) is 3.63. The summed E-state index contributed by atoms with van der Waals surface area (Å²) in [4.78, 5) is 15.1. The molecule has 1 fully saturated rings. The van der Waals surface area contributed by atoms with Gasteiger partial charge in [-0.05, 0) is 25.0 Å². The minimum atomic E-state index is -0.543. The Labute approximate surface area is 93.6 Å². The Morgan fingerprint density at radius 2 is 2.44 bits per heavy atom. The van der Waals surface area contributed by atoms with Gasteiger partial charge < -0.3 is 15.2 Å². The molecule has 1 atom stereocenters. The van der Waals surface area contributed by atoms with Gasteiger partial charge in [-0.1, -0.05) is 0 Å². The normalized spacial score (nSPS) is 20.4. The molecule has 2 rings (SSSR count). The molecule has 5 heteroatoms. The molecule has 2 heterocycles. The molecule has 2 N–H and O–H groups in total. The summed E-state index contributed by atoms with van der Waals surface area (Å²) in [7, 11) is 0. The predicted octanol–water partition coefficient (Wildman–Crippen LogP) is 1.09. The van der Waals surface area contributed by atoms with Crippen LogP contribution in [0.1, 0.15) is 29.6 Å². The third-order valence-corrected chi connectivity index (χ3v) is 2.42. The summed E-state index contributed by atoms with van der Waals surface area (Å²) < 4.78 is 10.9. The van der Waals surface area contributed by atoms with Gasteiger partial charge in [0.2, 0.25) is 12.2 Å². The molecule has 16 heavy (non-hydrogen) atoms. The molecule has 1 unspecified atom stereocenters. The van der Waals surface area contributed by atoms with Crippen LogP contribution < -0.4 is 10.5 Å². The van der Waals surface area contributed by atoms with E-state index in [-0.39, 0.29) is 17.7 Å². The first-order valence-electron chi connectivity index (χ1n) is 5.30. The van der Waals surface area contributed by atoms with Crippen molar-refractivity contribution < 1.29 is 14.3 Å². The first-order valence-corrected chi connectivity index (χ1v) is 5.30. The van der Waals surface area contributed by atoms with Gasteiger partial charge in [-0.25, -0.2) is 4.98 Å². The van der Waals surface area contributed by atoms with Crippen molar-refractivity contribution >= 4 is 5.91 Å². The van der Waals surface area contributed by atoms with E-state index in [1.807, 2.05) is 0 Å². The fraction of sp³-hybridized carbons (Fsp3) is 0.455. The number of primary amides is 1. The summed E-state index contributed by atoms with van der Waals surface area (Å²) in [6.45, 7) is 0.684. The van der Waals surface area contributed by atoms with E-state index in [1.54, 1.807) is 18.3 Å². The molecule has 0 bridgehead atoms. The Morgan fingerprint density at radius 1 is 1.56 bits per heavy atom. The molecule has 1 aromatic heterocycles. The molecule has 1 amide bonds. The number of pyridine rings is 1. The molecule has 1 aromatic rings. The van der Waals surface area contributed by atoms with Crippen LogP contribution in [0.3, 0.4) is 0 Å². The lowest BCUT2D eigenvalue weighted by atomic mass is 10.2. The minimum Gasteiger partial charge on any atom is -0.447 e. The standard InChI is InChI=1S/C11H14N2O3/c12-10(14)8-4-3-6-13-11(8)16-9-5-1-2-7-15-9/h3-4,6,9H,1-2,5,7H2,(H2,12,14). The molecule has 0 spiro atoms. The fourth-order valence-electron chi connectivity index (χ4n) is 1.60. The average molecular weight is 222 g/mol. The number of hydrogen-bond donors (Lipinski definition) is 1. The van der Waals surface area contributed by atoms with Gasteiger partial charge >= 0.3 is 0 Å². The Balaban J connectivity index is 2.10. The number of ether oxygens (including phenoxy) is 2. The summed E-state index contributed by atoms with van der Waals surface area (Å²) in [5, 5.41) is 0. The van der Waals surface area contributed by atoms with Crippen LogP contribution in [0.5, 0.6) is 5.88 Å². The quantitative estimate of drug-likeness (QED) is 0.830. The fourth-order valence-corrected chi connectivity index (χ4v) is 1.60. The van der Waals surface area contributed by atoms with Gasteiger partial charge in [0.1, 0.15) is 5.56 Å². The number of aromatic nitrogens is 1. The lowest BCUT2D eigenvalue weighted by molar-refractivity contribution is -0.108. The Morgan fingerprint density at radius 3 is 3.12 bits per heavy atom. The van der Waals surface area contributed by atoms with Crippen LogP contribution >= 0.6 is 0 Å². The topological polar surface area (TPSA) is 74.4 Å². The van der Waals surface area contributed by atoms with E-state index in [1.165, 1.54) is 0 Å². The number of hydrogen-bond acceptors (Lipinski definition) is 4. The van der Waals surface area contributed by atoms with Gasteiger partial charge in [-0.3, -0.25) is 4.79 Å². The van der Waals surface area contributed by atoms with Gasteiger partial charge in [0.15, 0.2) is 0 Å². The molecule has 1 aliphatic rings. The van der Waals surface area contributed by atoms with E-state index < -0.39 is 5.91 Å². The van der Waals surface area contributed by atoms with Crippen molar-refractivity contribution in [3.8, 4) is 5.88 Å². The number of nitrogens with two attached hydrogens (primary N) is 1. The summed E-state index contributed by atoms with van der Waals surface area (Å²) in [5.74, 6) is -0.291. The molecular weight excluding hydrogens is 208 g/mol. The first-order chi connectivity index (χ1) is 7.77. The minimum absolute atomic E-state index is 0.252. The smallest absolute Gasteiger partial charge is 0.254 e. The van der Waals surface area contributed by atoms with E-state index in [4.69, 9.17) is 15.2 Å². The van der Waals surface area contributed by atoms with E-state index in [0.717, 1.165) is 19.3 Å². The van der Waals surface area contributed by atoms with Crippen LogP contribution in [-0.4, -0.2) is 23.8 Å². The van der Waals surface area contributed by atoms with Gasteiger partial charge in [0.05, 0.1) is 6.61 Å². The van der Waals surface area contributed by atoms with Crippen LogP contribution in [0.25, 0.3) is 0 Å². The summed E-state index contributed by atoms with van der Waals surface area (Å²) in [5.41, 5.74) is 5.51. The van der Waals surface area contributed by atoms with Crippen molar-refractivity contribution in [3.05, 3.63) is 23.9 Å².